The van der Waals surface area contributed by atoms with Crippen molar-refractivity contribution in [3.05, 3.63) is 65.2 Å². The number of rotatable bonds is 5. The Hall–Kier alpha value is -2.33. The van der Waals surface area contributed by atoms with Crippen molar-refractivity contribution < 1.29 is 14.3 Å². The second-order valence-corrected chi connectivity index (χ2v) is 5.90. The maximum absolute atomic E-state index is 12.9. The minimum atomic E-state index is -0.553. The molecular weight excluding hydrogens is 302 g/mol. The SMILES string of the molecule is CCOc1ccc2c(c1)CN(C(=O)[C@H](OC)c1ccccc1)CC2. The topological polar surface area (TPSA) is 38.8 Å². The van der Waals surface area contributed by atoms with Crippen molar-refractivity contribution in [2.24, 2.45) is 0 Å². The molecule has 1 heterocycles. The van der Waals surface area contributed by atoms with Gasteiger partial charge in [0.15, 0.2) is 6.10 Å². The van der Waals surface area contributed by atoms with Gasteiger partial charge in [-0.05, 0) is 42.2 Å². The lowest BCUT2D eigenvalue weighted by Gasteiger charge is -2.31. The summed E-state index contributed by atoms with van der Waals surface area (Å²) in [5.74, 6) is 0.869. The summed E-state index contributed by atoms with van der Waals surface area (Å²) >= 11 is 0. The number of fused-ring (bicyclic) bond motifs is 1. The third kappa shape index (κ3) is 3.44. The van der Waals surface area contributed by atoms with Crippen LogP contribution in [0.3, 0.4) is 0 Å². The number of hydrogen-bond donors (Lipinski definition) is 0. The van der Waals surface area contributed by atoms with Gasteiger partial charge in [0, 0.05) is 20.2 Å². The first kappa shape index (κ1) is 16.5. The first-order valence-corrected chi connectivity index (χ1v) is 8.34. The third-order valence-electron chi connectivity index (χ3n) is 4.37. The predicted molar refractivity (Wildman–Crippen MR) is 92.9 cm³/mol. The van der Waals surface area contributed by atoms with E-state index in [2.05, 4.69) is 6.07 Å². The summed E-state index contributed by atoms with van der Waals surface area (Å²) in [6, 6.07) is 15.8. The first-order chi connectivity index (χ1) is 11.7. The normalized spacial score (nSPS) is 14.8. The van der Waals surface area contributed by atoms with Crippen LogP contribution in [0.25, 0.3) is 0 Å². The monoisotopic (exact) mass is 325 g/mol. The molecule has 4 nitrogen and oxygen atoms in total. The van der Waals surface area contributed by atoms with Crippen molar-refractivity contribution in [1.29, 1.82) is 0 Å². The number of carbonyl (C=O) groups is 1. The number of benzene rings is 2. The van der Waals surface area contributed by atoms with Gasteiger partial charge in [-0.1, -0.05) is 36.4 Å². The molecule has 0 fully saturated rings. The molecule has 1 aliphatic heterocycles. The molecule has 0 N–H and O–H groups in total. The molecule has 0 saturated carbocycles. The largest absolute Gasteiger partial charge is 0.494 e. The molecule has 4 heteroatoms. The lowest BCUT2D eigenvalue weighted by atomic mass is 9.98. The number of hydrogen-bond acceptors (Lipinski definition) is 3. The van der Waals surface area contributed by atoms with E-state index < -0.39 is 6.10 Å². The molecule has 1 aliphatic rings. The van der Waals surface area contributed by atoms with E-state index >= 15 is 0 Å². The van der Waals surface area contributed by atoms with E-state index in [1.54, 1.807) is 7.11 Å². The fourth-order valence-corrected chi connectivity index (χ4v) is 3.15. The summed E-state index contributed by atoms with van der Waals surface area (Å²) in [5.41, 5.74) is 3.33. The predicted octanol–water partition coefficient (Wildman–Crippen LogP) is 3.36. The van der Waals surface area contributed by atoms with Crippen molar-refractivity contribution in [2.45, 2.75) is 26.0 Å². The van der Waals surface area contributed by atoms with Crippen molar-refractivity contribution in [3.8, 4) is 5.75 Å². The molecular formula is C20H23NO3. The second kappa shape index (κ2) is 7.49. The van der Waals surface area contributed by atoms with E-state index in [-0.39, 0.29) is 5.91 Å². The molecule has 0 unspecified atom stereocenters. The number of nitrogens with zero attached hydrogens (tertiary/aromatic N) is 1. The highest BCUT2D eigenvalue weighted by Crippen LogP contribution is 2.27. The molecule has 0 bridgehead atoms. The summed E-state index contributed by atoms with van der Waals surface area (Å²) in [4.78, 5) is 14.8. The van der Waals surface area contributed by atoms with Crippen LogP contribution in [0.15, 0.2) is 48.5 Å². The Morgan fingerprint density at radius 3 is 2.67 bits per heavy atom. The molecule has 1 atom stereocenters. The molecule has 0 saturated heterocycles. The Kier molecular flexibility index (Phi) is 5.16. The highest BCUT2D eigenvalue weighted by Gasteiger charge is 2.28. The lowest BCUT2D eigenvalue weighted by Crippen LogP contribution is -2.39. The molecule has 1 amide bonds. The van der Waals surface area contributed by atoms with Gasteiger partial charge in [-0.2, -0.15) is 0 Å². The van der Waals surface area contributed by atoms with Gasteiger partial charge in [-0.25, -0.2) is 0 Å². The Morgan fingerprint density at radius 2 is 1.96 bits per heavy atom. The molecule has 0 spiro atoms. The maximum atomic E-state index is 12.9. The first-order valence-electron chi connectivity index (χ1n) is 8.34. The Balaban J connectivity index is 1.78. The summed E-state index contributed by atoms with van der Waals surface area (Å²) < 4.78 is 11.1. The maximum Gasteiger partial charge on any atom is 0.256 e. The second-order valence-electron chi connectivity index (χ2n) is 5.90. The van der Waals surface area contributed by atoms with Crippen LogP contribution in [0.4, 0.5) is 0 Å². The van der Waals surface area contributed by atoms with E-state index in [4.69, 9.17) is 9.47 Å². The fourth-order valence-electron chi connectivity index (χ4n) is 3.15. The van der Waals surface area contributed by atoms with E-state index in [9.17, 15) is 4.79 Å². The van der Waals surface area contributed by atoms with Gasteiger partial charge < -0.3 is 14.4 Å². The van der Waals surface area contributed by atoms with Crippen LogP contribution in [0.2, 0.25) is 0 Å². The average Bonchev–Trinajstić information content (AvgIpc) is 2.63. The van der Waals surface area contributed by atoms with Gasteiger partial charge >= 0.3 is 0 Å². The number of amides is 1. The number of ether oxygens (including phenoxy) is 2. The summed E-state index contributed by atoms with van der Waals surface area (Å²) in [7, 11) is 1.58. The number of methoxy groups -OCH3 is 1. The number of carbonyl (C=O) groups excluding carboxylic acids is 1. The van der Waals surface area contributed by atoms with Gasteiger partial charge in [-0.3, -0.25) is 4.79 Å². The minimum Gasteiger partial charge on any atom is -0.494 e. The minimum absolute atomic E-state index is 0.0103. The molecule has 0 radical (unpaired) electrons. The zero-order valence-corrected chi connectivity index (χ0v) is 14.2. The van der Waals surface area contributed by atoms with Crippen LogP contribution in [0.1, 0.15) is 29.7 Å². The van der Waals surface area contributed by atoms with Gasteiger partial charge in [0.2, 0.25) is 0 Å². The quantitative estimate of drug-likeness (QED) is 0.846. The van der Waals surface area contributed by atoms with Gasteiger partial charge in [0.1, 0.15) is 5.75 Å². The van der Waals surface area contributed by atoms with E-state index in [1.165, 1.54) is 5.56 Å². The average molecular weight is 325 g/mol. The lowest BCUT2D eigenvalue weighted by molar-refractivity contribution is -0.143. The van der Waals surface area contributed by atoms with Crippen LogP contribution in [0, 0.1) is 0 Å². The van der Waals surface area contributed by atoms with Gasteiger partial charge in [0.05, 0.1) is 6.61 Å². The molecule has 126 valence electrons. The van der Waals surface area contributed by atoms with Crippen molar-refractivity contribution in [2.75, 3.05) is 20.3 Å². The smallest absolute Gasteiger partial charge is 0.256 e. The Morgan fingerprint density at radius 1 is 1.17 bits per heavy atom. The zero-order valence-electron chi connectivity index (χ0n) is 14.2. The molecule has 0 aliphatic carbocycles. The summed E-state index contributed by atoms with van der Waals surface area (Å²) in [6.45, 7) is 3.92. The van der Waals surface area contributed by atoms with Crippen LogP contribution in [0.5, 0.6) is 5.75 Å². The molecule has 0 aromatic heterocycles. The zero-order chi connectivity index (χ0) is 16.9. The van der Waals surface area contributed by atoms with Gasteiger partial charge in [0.25, 0.3) is 5.91 Å². The summed E-state index contributed by atoms with van der Waals surface area (Å²) in [5, 5.41) is 0. The highest BCUT2D eigenvalue weighted by molar-refractivity contribution is 5.82. The van der Waals surface area contributed by atoms with Crippen LogP contribution in [-0.2, 0) is 22.5 Å². The Bertz CT molecular complexity index is 699. The third-order valence-corrected chi connectivity index (χ3v) is 4.37. The molecule has 2 aromatic rings. The van der Waals surface area contributed by atoms with Crippen molar-refractivity contribution >= 4 is 5.91 Å². The van der Waals surface area contributed by atoms with Crippen LogP contribution in [-0.4, -0.2) is 31.1 Å². The fraction of sp³-hybridized carbons (Fsp3) is 0.350. The van der Waals surface area contributed by atoms with E-state index in [0.29, 0.717) is 19.7 Å². The van der Waals surface area contributed by atoms with E-state index in [1.807, 2.05) is 54.3 Å². The van der Waals surface area contributed by atoms with Gasteiger partial charge in [-0.15, -0.1) is 0 Å². The highest BCUT2D eigenvalue weighted by atomic mass is 16.5. The molecule has 24 heavy (non-hydrogen) atoms. The van der Waals surface area contributed by atoms with Crippen molar-refractivity contribution in [3.63, 3.8) is 0 Å². The van der Waals surface area contributed by atoms with Crippen LogP contribution >= 0.6 is 0 Å². The van der Waals surface area contributed by atoms with Crippen LogP contribution < -0.4 is 4.74 Å². The Labute approximate surface area is 143 Å². The summed E-state index contributed by atoms with van der Waals surface area (Å²) in [6.07, 6.45) is 0.307. The van der Waals surface area contributed by atoms with E-state index in [0.717, 1.165) is 23.3 Å². The molecule has 3 rings (SSSR count). The molecule has 2 aromatic carbocycles. The standard InChI is InChI=1S/C20H23NO3/c1-3-24-18-10-9-15-11-12-21(14-17(15)13-18)20(22)19(23-2)16-7-5-4-6-8-16/h4-10,13,19H,3,11-12,14H2,1-2H3/t19-/m1/s1. The van der Waals surface area contributed by atoms with Crippen molar-refractivity contribution in [1.82, 2.24) is 4.90 Å².